The first-order chi connectivity index (χ1) is 5.61. The van der Waals surface area contributed by atoms with E-state index in [9.17, 15) is 9.59 Å². The van der Waals surface area contributed by atoms with E-state index in [1.54, 1.807) is 7.05 Å². The Kier molecular flexibility index (Phi) is 2.09. The van der Waals surface area contributed by atoms with Crippen LogP contribution in [0.3, 0.4) is 0 Å². The van der Waals surface area contributed by atoms with Crippen molar-refractivity contribution in [2.45, 2.75) is 0 Å². The van der Waals surface area contributed by atoms with Gasteiger partial charge in [0.25, 0.3) is 5.56 Å². The molecule has 64 valence electrons. The summed E-state index contributed by atoms with van der Waals surface area (Å²) in [5, 5.41) is 2.62. The van der Waals surface area contributed by atoms with Gasteiger partial charge in [0, 0.05) is 19.5 Å². The quantitative estimate of drug-likeness (QED) is 0.538. The Bertz CT molecular complexity index is 373. The van der Waals surface area contributed by atoms with Gasteiger partial charge < -0.3 is 10.8 Å². The number of nitrogens with two attached hydrogens (primary N) is 1. The van der Waals surface area contributed by atoms with Gasteiger partial charge in [-0.05, 0) is 0 Å². The van der Waals surface area contributed by atoms with Crippen molar-refractivity contribution in [3.05, 3.63) is 22.1 Å². The third kappa shape index (κ3) is 1.60. The molecule has 0 aromatic carbocycles. The highest BCUT2D eigenvalue weighted by atomic mass is 16.2. The topological polar surface area (TPSA) is 93.2 Å². The lowest BCUT2D eigenvalue weighted by molar-refractivity contribution is 0.257. The Morgan fingerprint density at radius 1 is 1.83 bits per heavy atom. The molecule has 6 nitrogen and oxygen atoms in total. The molecule has 0 spiro atoms. The molecule has 0 saturated carbocycles. The van der Waals surface area contributed by atoms with E-state index in [-0.39, 0.29) is 5.56 Å². The average Bonchev–Trinajstić information content (AvgIpc) is 2.30. The average molecular weight is 168 g/mol. The Balaban J connectivity index is 2.98. The van der Waals surface area contributed by atoms with Crippen molar-refractivity contribution < 1.29 is 4.79 Å². The van der Waals surface area contributed by atoms with Crippen molar-refractivity contribution in [1.82, 2.24) is 9.78 Å². The Morgan fingerprint density at radius 3 is 2.92 bits per heavy atom. The van der Waals surface area contributed by atoms with Gasteiger partial charge in [-0.2, -0.15) is 0 Å². The highest BCUT2D eigenvalue weighted by Gasteiger charge is 1.98. The molecule has 1 rings (SSSR count). The van der Waals surface area contributed by atoms with E-state index in [0.717, 1.165) is 6.21 Å². The summed E-state index contributed by atoms with van der Waals surface area (Å²) < 4.78 is 1.27. The molecule has 0 aliphatic carbocycles. The van der Waals surface area contributed by atoms with Crippen LogP contribution in [0.25, 0.3) is 0 Å². The van der Waals surface area contributed by atoms with E-state index in [0.29, 0.717) is 5.56 Å². The Labute approximate surface area is 67.7 Å². The van der Waals surface area contributed by atoms with Crippen LogP contribution in [0.15, 0.2) is 16.0 Å². The summed E-state index contributed by atoms with van der Waals surface area (Å²) in [4.78, 5) is 24.5. The zero-order chi connectivity index (χ0) is 9.14. The number of urea groups is 1. The number of aromatic amines is 1. The second-order valence-corrected chi connectivity index (χ2v) is 2.19. The first-order valence-corrected chi connectivity index (χ1v) is 3.19. The molecule has 6 heteroatoms. The van der Waals surface area contributed by atoms with Gasteiger partial charge >= 0.3 is 6.03 Å². The van der Waals surface area contributed by atoms with E-state index >= 15 is 0 Å². The van der Waals surface area contributed by atoms with Crippen LogP contribution in [0, 0.1) is 0 Å². The van der Waals surface area contributed by atoms with Crippen LogP contribution < -0.4 is 11.3 Å². The molecular weight excluding hydrogens is 160 g/mol. The molecule has 0 unspecified atom stereocenters. The van der Waals surface area contributed by atoms with Gasteiger partial charge in [0.05, 0.1) is 5.56 Å². The van der Waals surface area contributed by atoms with E-state index in [1.807, 2.05) is 0 Å². The number of carbonyl (C=O) groups is 1. The fourth-order valence-electron chi connectivity index (χ4n) is 0.706. The molecule has 3 N–H and O–H groups in total. The van der Waals surface area contributed by atoms with E-state index < -0.39 is 6.03 Å². The Hall–Kier alpha value is -1.85. The molecule has 12 heavy (non-hydrogen) atoms. The van der Waals surface area contributed by atoms with Crippen molar-refractivity contribution in [2.75, 3.05) is 0 Å². The van der Waals surface area contributed by atoms with Gasteiger partial charge in [0.2, 0.25) is 0 Å². The summed E-state index contributed by atoms with van der Waals surface area (Å²) in [6.07, 6.45) is 2.57. The van der Waals surface area contributed by atoms with E-state index in [4.69, 9.17) is 5.73 Å². The van der Waals surface area contributed by atoms with Crippen LogP contribution in [-0.4, -0.2) is 22.0 Å². The molecule has 0 fully saturated rings. The number of primary amides is 1. The lowest BCUT2D eigenvalue weighted by atomic mass is 10.4. The molecule has 0 radical (unpaired) electrons. The number of amides is 2. The lowest BCUT2D eigenvalue weighted by Crippen LogP contribution is -2.15. The normalized spacial score (nSPS) is 10.8. The van der Waals surface area contributed by atoms with Crippen molar-refractivity contribution in [3.8, 4) is 0 Å². The van der Waals surface area contributed by atoms with Crippen molar-refractivity contribution in [3.63, 3.8) is 0 Å². The standard InChI is InChI=1S/C6H8N4O2/c1-10-5(11)4(3-9-10)2-8-6(7)12/h2-3,9H,1H3,(H2,7,12). The molecule has 0 atom stereocenters. The van der Waals surface area contributed by atoms with Crippen LogP contribution in [0.1, 0.15) is 5.56 Å². The third-order valence-corrected chi connectivity index (χ3v) is 1.30. The summed E-state index contributed by atoms with van der Waals surface area (Å²) >= 11 is 0. The number of hydrogen-bond acceptors (Lipinski definition) is 2. The van der Waals surface area contributed by atoms with Crippen molar-refractivity contribution in [1.29, 1.82) is 0 Å². The zero-order valence-electron chi connectivity index (χ0n) is 6.44. The summed E-state index contributed by atoms with van der Waals surface area (Å²) in [7, 11) is 1.56. The molecule has 1 heterocycles. The van der Waals surface area contributed by atoms with Crippen LogP contribution in [-0.2, 0) is 7.05 Å². The smallest absolute Gasteiger partial charge is 0.338 e. The van der Waals surface area contributed by atoms with Gasteiger partial charge in [-0.3, -0.25) is 9.48 Å². The summed E-state index contributed by atoms with van der Waals surface area (Å²) in [5.74, 6) is 0. The maximum absolute atomic E-state index is 11.1. The third-order valence-electron chi connectivity index (χ3n) is 1.30. The predicted octanol–water partition coefficient (Wildman–Crippen LogP) is -0.789. The van der Waals surface area contributed by atoms with Crippen LogP contribution >= 0.6 is 0 Å². The highest BCUT2D eigenvalue weighted by Crippen LogP contribution is 1.82. The Morgan fingerprint density at radius 2 is 2.50 bits per heavy atom. The second kappa shape index (κ2) is 3.04. The zero-order valence-corrected chi connectivity index (χ0v) is 6.44. The maximum Gasteiger partial charge on any atom is 0.338 e. The number of nitrogens with zero attached hydrogens (tertiary/aromatic N) is 2. The molecule has 0 aliphatic rings. The van der Waals surface area contributed by atoms with Gasteiger partial charge in [-0.1, -0.05) is 0 Å². The number of nitrogens with one attached hydrogen (secondary N) is 1. The van der Waals surface area contributed by atoms with Crippen molar-refractivity contribution >= 4 is 12.2 Å². The van der Waals surface area contributed by atoms with E-state index in [1.165, 1.54) is 10.9 Å². The fraction of sp³-hybridized carbons (Fsp3) is 0.167. The number of H-pyrrole nitrogens is 1. The summed E-state index contributed by atoms with van der Waals surface area (Å²) in [5.41, 5.74) is 4.79. The van der Waals surface area contributed by atoms with Crippen LogP contribution in [0.5, 0.6) is 0 Å². The summed E-state index contributed by atoms with van der Waals surface area (Å²) in [6, 6.07) is -0.821. The number of rotatable bonds is 1. The molecule has 0 saturated heterocycles. The SMILES string of the molecule is Cn1[nH]cc(C=NC(N)=O)c1=O. The van der Waals surface area contributed by atoms with Crippen LogP contribution in [0.2, 0.25) is 0 Å². The molecule has 1 aromatic heterocycles. The fourth-order valence-corrected chi connectivity index (χ4v) is 0.706. The van der Waals surface area contributed by atoms with Gasteiger partial charge in [-0.25, -0.2) is 9.79 Å². The number of aromatic nitrogens is 2. The van der Waals surface area contributed by atoms with Gasteiger partial charge in [0.15, 0.2) is 0 Å². The van der Waals surface area contributed by atoms with Crippen LogP contribution in [0.4, 0.5) is 4.79 Å². The first kappa shape index (κ1) is 8.25. The highest BCUT2D eigenvalue weighted by molar-refractivity contribution is 5.89. The molecule has 1 aromatic rings. The molecule has 2 amide bonds. The second-order valence-electron chi connectivity index (χ2n) is 2.19. The number of carbonyl (C=O) groups excluding carboxylic acids is 1. The maximum atomic E-state index is 11.1. The first-order valence-electron chi connectivity index (χ1n) is 3.19. The minimum absolute atomic E-state index is 0.250. The number of aryl methyl sites for hydroxylation is 1. The predicted molar refractivity (Wildman–Crippen MR) is 43.2 cm³/mol. The molecule has 0 bridgehead atoms. The van der Waals surface area contributed by atoms with Crippen molar-refractivity contribution in [2.24, 2.45) is 17.8 Å². The van der Waals surface area contributed by atoms with Gasteiger partial charge in [0.1, 0.15) is 0 Å². The number of hydrogen-bond donors (Lipinski definition) is 2. The lowest BCUT2D eigenvalue weighted by Gasteiger charge is -1.82. The monoisotopic (exact) mass is 168 g/mol. The minimum Gasteiger partial charge on any atom is -0.350 e. The minimum atomic E-state index is -0.821. The molecular formula is C6H8N4O2. The largest absolute Gasteiger partial charge is 0.350 e. The number of aliphatic imine (C=N–C) groups is 1. The summed E-state index contributed by atoms with van der Waals surface area (Å²) in [6.45, 7) is 0. The van der Waals surface area contributed by atoms with Gasteiger partial charge in [-0.15, -0.1) is 0 Å². The van der Waals surface area contributed by atoms with E-state index in [2.05, 4.69) is 10.1 Å². The molecule has 0 aliphatic heterocycles.